The summed E-state index contributed by atoms with van der Waals surface area (Å²) < 4.78 is 6.87. The van der Waals surface area contributed by atoms with E-state index in [1.54, 1.807) is 6.20 Å². The fourth-order valence-corrected chi connectivity index (χ4v) is 3.02. The quantitative estimate of drug-likeness (QED) is 0.791. The molecule has 0 radical (unpaired) electrons. The summed E-state index contributed by atoms with van der Waals surface area (Å²) in [6, 6.07) is 2.11. The van der Waals surface area contributed by atoms with Crippen LogP contribution >= 0.6 is 31.9 Å². The molecule has 4 heteroatoms. The molecule has 2 nitrogen and oxygen atoms in total. The Bertz CT molecular complexity index is 337. The van der Waals surface area contributed by atoms with Crippen molar-refractivity contribution in [2.75, 3.05) is 11.9 Å². The Labute approximate surface area is 107 Å². The number of rotatable bonds is 3. The number of ether oxygens (including phenoxy) is 1. The maximum Gasteiger partial charge on any atom is 0.0820 e. The maximum absolute atomic E-state index is 5.84. The molecule has 0 aromatic carbocycles. The Morgan fingerprint density at radius 3 is 2.93 bits per heavy atom. The minimum absolute atomic E-state index is 0.0114. The van der Waals surface area contributed by atoms with Crippen LogP contribution in [0, 0.1) is 0 Å². The summed E-state index contributed by atoms with van der Waals surface area (Å²) in [6.45, 7) is 0.882. The normalized spacial score (nSPS) is 25.7. The fourth-order valence-electron chi connectivity index (χ4n) is 1.97. The number of hydrogen-bond acceptors (Lipinski definition) is 2. The molecule has 0 N–H and O–H groups in total. The minimum Gasteiger partial charge on any atom is -0.374 e. The zero-order valence-corrected chi connectivity index (χ0v) is 11.6. The number of aromatic nitrogens is 1. The van der Waals surface area contributed by atoms with Crippen molar-refractivity contribution >= 4 is 31.9 Å². The molecule has 82 valence electrons. The molecule has 1 fully saturated rings. The van der Waals surface area contributed by atoms with Crippen LogP contribution in [0.3, 0.4) is 0 Å². The van der Waals surface area contributed by atoms with Crippen molar-refractivity contribution in [3.8, 4) is 0 Å². The van der Waals surface area contributed by atoms with Gasteiger partial charge in [-0.15, -0.1) is 0 Å². The van der Waals surface area contributed by atoms with Gasteiger partial charge in [0.05, 0.1) is 5.60 Å². The van der Waals surface area contributed by atoms with Crippen molar-refractivity contribution in [1.82, 2.24) is 4.98 Å². The molecule has 1 saturated heterocycles. The third-order valence-corrected chi connectivity index (χ3v) is 4.17. The van der Waals surface area contributed by atoms with Gasteiger partial charge in [0.2, 0.25) is 0 Å². The van der Waals surface area contributed by atoms with Crippen molar-refractivity contribution < 1.29 is 4.74 Å². The van der Waals surface area contributed by atoms with Gasteiger partial charge in [0, 0.05) is 35.2 Å². The lowest BCUT2D eigenvalue weighted by molar-refractivity contribution is 0.0259. The number of pyridine rings is 1. The van der Waals surface area contributed by atoms with E-state index >= 15 is 0 Å². The van der Waals surface area contributed by atoms with Gasteiger partial charge in [0.15, 0.2) is 0 Å². The van der Waals surface area contributed by atoms with Crippen LogP contribution in [-0.4, -0.2) is 22.5 Å². The molecule has 2 rings (SSSR count). The molecule has 1 unspecified atom stereocenters. The number of nitrogens with zero attached hydrogens (tertiary/aromatic N) is 1. The van der Waals surface area contributed by atoms with Crippen LogP contribution in [0.15, 0.2) is 22.9 Å². The second-order valence-electron chi connectivity index (χ2n) is 3.96. The van der Waals surface area contributed by atoms with Crippen molar-refractivity contribution in [2.45, 2.75) is 24.9 Å². The molecule has 0 amide bonds. The lowest BCUT2D eigenvalue weighted by Crippen LogP contribution is -2.32. The number of hydrogen-bond donors (Lipinski definition) is 0. The molecule has 0 saturated carbocycles. The molecule has 1 aliphatic rings. The number of alkyl halides is 1. The first-order valence-electron chi connectivity index (χ1n) is 5.03. The van der Waals surface area contributed by atoms with E-state index < -0.39 is 0 Å². The predicted octanol–water partition coefficient (Wildman–Crippen LogP) is 3.33. The molecular formula is C11H13Br2NO. The summed E-state index contributed by atoms with van der Waals surface area (Å²) in [7, 11) is 0. The third-order valence-electron chi connectivity index (χ3n) is 2.72. The molecule has 1 aromatic rings. The number of halogens is 2. The first kappa shape index (κ1) is 11.6. The third kappa shape index (κ3) is 2.80. The molecule has 2 heterocycles. The second-order valence-corrected chi connectivity index (χ2v) is 5.43. The van der Waals surface area contributed by atoms with Crippen molar-refractivity contribution in [3.05, 3.63) is 28.5 Å². The molecule has 15 heavy (non-hydrogen) atoms. The van der Waals surface area contributed by atoms with Gasteiger partial charge in [-0.05, 0) is 40.4 Å². The van der Waals surface area contributed by atoms with Gasteiger partial charge >= 0.3 is 0 Å². The predicted molar refractivity (Wildman–Crippen MR) is 67.4 cm³/mol. The molecular weight excluding hydrogens is 322 g/mol. The lowest BCUT2D eigenvalue weighted by Gasteiger charge is -2.25. The molecule has 0 aliphatic carbocycles. The molecule has 1 atom stereocenters. The van der Waals surface area contributed by atoms with Crippen molar-refractivity contribution in [2.24, 2.45) is 0 Å². The highest BCUT2D eigenvalue weighted by molar-refractivity contribution is 9.10. The maximum atomic E-state index is 5.84. The summed E-state index contributed by atoms with van der Waals surface area (Å²) in [6.07, 6.45) is 6.94. The summed E-state index contributed by atoms with van der Waals surface area (Å²) >= 11 is 6.99. The Hall–Kier alpha value is 0.0700. The topological polar surface area (TPSA) is 22.1 Å². The summed E-state index contributed by atoms with van der Waals surface area (Å²) in [5.41, 5.74) is 1.22. The van der Waals surface area contributed by atoms with Crippen molar-refractivity contribution in [3.63, 3.8) is 0 Å². The summed E-state index contributed by atoms with van der Waals surface area (Å²) in [5.74, 6) is 0. The van der Waals surface area contributed by atoms with Crippen LogP contribution in [-0.2, 0) is 11.2 Å². The second kappa shape index (κ2) is 4.93. The Kier molecular flexibility index (Phi) is 3.80. The fraction of sp³-hybridized carbons (Fsp3) is 0.545. The summed E-state index contributed by atoms with van der Waals surface area (Å²) in [5, 5.41) is 0.895. The lowest BCUT2D eigenvalue weighted by atomic mass is 9.94. The average molecular weight is 335 g/mol. The van der Waals surface area contributed by atoms with E-state index in [2.05, 4.69) is 42.9 Å². The molecule has 1 aliphatic heterocycles. The van der Waals surface area contributed by atoms with Gasteiger partial charge in [-0.3, -0.25) is 4.98 Å². The van der Waals surface area contributed by atoms with Gasteiger partial charge in [0.25, 0.3) is 0 Å². The molecule has 1 aromatic heterocycles. The minimum atomic E-state index is -0.0114. The van der Waals surface area contributed by atoms with Crippen LogP contribution in [0.4, 0.5) is 0 Å². The van der Waals surface area contributed by atoms with E-state index in [9.17, 15) is 0 Å². The van der Waals surface area contributed by atoms with Gasteiger partial charge in [-0.25, -0.2) is 0 Å². The van der Waals surface area contributed by atoms with Crippen molar-refractivity contribution in [1.29, 1.82) is 0 Å². The van der Waals surface area contributed by atoms with Crippen LogP contribution in [0.5, 0.6) is 0 Å². The Morgan fingerprint density at radius 1 is 1.47 bits per heavy atom. The highest BCUT2D eigenvalue weighted by Crippen LogP contribution is 2.31. The van der Waals surface area contributed by atoms with Gasteiger partial charge in [-0.2, -0.15) is 0 Å². The van der Waals surface area contributed by atoms with E-state index in [1.165, 1.54) is 5.56 Å². The van der Waals surface area contributed by atoms with E-state index in [4.69, 9.17) is 4.74 Å². The van der Waals surface area contributed by atoms with Gasteiger partial charge < -0.3 is 4.74 Å². The van der Waals surface area contributed by atoms with Crippen LogP contribution in [0.2, 0.25) is 0 Å². The van der Waals surface area contributed by atoms with E-state index in [0.29, 0.717) is 0 Å². The van der Waals surface area contributed by atoms with E-state index in [0.717, 1.165) is 35.7 Å². The zero-order chi connectivity index (χ0) is 10.7. The smallest absolute Gasteiger partial charge is 0.0820 e. The largest absolute Gasteiger partial charge is 0.374 e. The molecule has 0 spiro atoms. The van der Waals surface area contributed by atoms with E-state index in [1.807, 2.05) is 6.20 Å². The monoisotopic (exact) mass is 333 g/mol. The van der Waals surface area contributed by atoms with Gasteiger partial charge in [-0.1, -0.05) is 15.9 Å². The van der Waals surface area contributed by atoms with E-state index in [-0.39, 0.29) is 5.60 Å². The first-order chi connectivity index (χ1) is 7.24. The molecule has 0 bridgehead atoms. The van der Waals surface area contributed by atoms with Gasteiger partial charge in [0.1, 0.15) is 0 Å². The Morgan fingerprint density at radius 2 is 2.33 bits per heavy atom. The SMILES string of the molecule is BrCC1(Cc2cncc(Br)c2)CCCO1. The highest BCUT2D eigenvalue weighted by Gasteiger charge is 2.34. The van der Waals surface area contributed by atoms with Crippen LogP contribution in [0.1, 0.15) is 18.4 Å². The zero-order valence-electron chi connectivity index (χ0n) is 8.38. The van der Waals surface area contributed by atoms with Crippen LogP contribution in [0.25, 0.3) is 0 Å². The standard InChI is InChI=1S/C11H13Br2NO/c12-8-11(2-1-3-15-11)5-9-4-10(13)7-14-6-9/h4,6-7H,1-3,5,8H2. The van der Waals surface area contributed by atoms with Crippen LogP contribution < -0.4 is 0 Å². The first-order valence-corrected chi connectivity index (χ1v) is 6.95. The average Bonchev–Trinajstić information content (AvgIpc) is 2.67. The summed E-state index contributed by atoms with van der Waals surface area (Å²) in [4.78, 5) is 4.17. The highest BCUT2D eigenvalue weighted by atomic mass is 79.9. The Balaban J connectivity index is 2.12.